The first-order valence-corrected chi connectivity index (χ1v) is 8.62. The summed E-state index contributed by atoms with van der Waals surface area (Å²) in [5, 5.41) is 5.31. The van der Waals surface area contributed by atoms with Gasteiger partial charge in [0.15, 0.2) is 5.65 Å². The maximum atomic E-state index is 4.57. The summed E-state index contributed by atoms with van der Waals surface area (Å²) in [6, 6.07) is 14.6. The Morgan fingerprint density at radius 1 is 0.962 bits per heavy atom. The van der Waals surface area contributed by atoms with Crippen LogP contribution in [0.1, 0.15) is 11.1 Å². The number of hydrogen-bond acceptors (Lipinski definition) is 5. The molecule has 0 aliphatic carbocycles. The Balaban J connectivity index is 1.67. The van der Waals surface area contributed by atoms with Crippen LogP contribution in [0.25, 0.3) is 11.0 Å². The molecule has 0 amide bonds. The number of aryl methyl sites for hydroxylation is 1. The summed E-state index contributed by atoms with van der Waals surface area (Å²) >= 11 is 0. The van der Waals surface area contributed by atoms with Crippen LogP contribution in [-0.2, 0) is 20.0 Å². The van der Waals surface area contributed by atoms with Crippen molar-refractivity contribution in [2.75, 3.05) is 11.4 Å². The van der Waals surface area contributed by atoms with Crippen molar-refractivity contribution in [3.05, 3.63) is 78.5 Å². The van der Waals surface area contributed by atoms with Crippen molar-refractivity contribution in [3.8, 4) is 0 Å². The third-order valence-corrected chi connectivity index (χ3v) is 4.44. The fourth-order valence-electron chi connectivity index (χ4n) is 3.08. The van der Waals surface area contributed by atoms with Gasteiger partial charge in [-0.2, -0.15) is 5.10 Å². The molecular formula is C20H20N6. The van der Waals surface area contributed by atoms with Crippen LogP contribution in [0.3, 0.4) is 0 Å². The fraction of sp³-hybridized carbons (Fsp3) is 0.200. The van der Waals surface area contributed by atoms with Crippen LogP contribution in [0, 0.1) is 0 Å². The Labute approximate surface area is 152 Å². The van der Waals surface area contributed by atoms with E-state index in [1.807, 2.05) is 43.8 Å². The second-order valence-corrected chi connectivity index (χ2v) is 6.22. The lowest BCUT2D eigenvalue weighted by atomic mass is 10.1. The first-order chi connectivity index (χ1) is 12.8. The average molecular weight is 344 g/mol. The van der Waals surface area contributed by atoms with E-state index >= 15 is 0 Å². The predicted octanol–water partition coefficient (Wildman–Crippen LogP) is 3.01. The van der Waals surface area contributed by atoms with Crippen molar-refractivity contribution < 1.29 is 0 Å². The Hall–Kier alpha value is -3.28. The molecule has 6 heteroatoms. The summed E-state index contributed by atoms with van der Waals surface area (Å²) < 4.78 is 1.78. The second kappa shape index (κ2) is 7.31. The molecule has 0 fully saturated rings. The number of hydrogen-bond donors (Lipinski definition) is 0. The molecule has 0 bridgehead atoms. The first kappa shape index (κ1) is 16.2. The van der Waals surface area contributed by atoms with Crippen LogP contribution in [0.4, 0.5) is 5.82 Å². The number of pyridine rings is 1. The quantitative estimate of drug-likeness (QED) is 0.538. The van der Waals surface area contributed by atoms with Gasteiger partial charge in [0.2, 0.25) is 0 Å². The van der Waals surface area contributed by atoms with E-state index in [0.29, 0.717) is 0 Å². The highest BCUT2D eigenvalue weighted by molar-refractivity contribution is 5.86. The predicted molar refractivity (Wildman–Crippen MR) is 102 cm³/mol. The van der Waals surface area contributed by atoms with Crippen LogP contribution in [0.2, 0.25) is 0 Å². The van der Waals surface area contributed by atoms with Gasteiger partial charge in [-0.3, -0.25) is 9.67 Å². The molecule has 0 saturated carbocycles. The topological polar surface area (TPSA) is 59.7 Å². The number of fused-ring (bicyclic) bond motifs is 1. The Morgan fingerprint density at radius 3 is 2.58 bits per heavy atom. The second-order valence-electron chi connectivity index (χ2n) is 6.22. The van der Waals surface area contributed by atoms with Gasteiger partial charge in [0.05, 0.1) is 11.6 Å². The molecule has 3 aromatic heterocycles. The SMILES string of the molecule is Cn1ncc2c(N(CCc3ccccc3)Cc3ccncc3)ncnc21. The van der Waals surface area contributed by atoms with Crippen LogP contribution in [-0.4, -0.2) is 31.3 Å². The molecule has 26 heavy (non-hydrogen) atoms. The molecule has 4 aromatic rings. The maximum Gasteiger partial charge on any atom is 0.163 e. The molecule has 0 unspecified atom stereocenters. The average Bonchev–Trinajstić information content (AvgIpc) is 3.08. The van der Waals surface area contributed by atoms with Crippen LogP contribution < -0.4 is 4.90 Å². The minimum Gasteiger partial charge on any atom is -0.351 e. The molecule has 0 radical (unpaired) electrons. The zero-order valence-electron chi connectivity index (χ0n) is 14.7. The van der Waals surface area contributed by atoms with Gasteiger partial charge in [-0.25, -0.2) is 9.97 Å². The van der Waals surface area contributed by atoms with E-state index < -0.39 is 0 Å². The minimum atomic E-state index is 0.760. The highest BCUT2D eigenvalue weighted by Crippen LogP contribution is 2.24. The summed E-state index contributed by atoms with van der Waals surface area (Å²) in [4.78, 5) is 15.3. The summed E-state index contributed by atoms with van der Waals surface area (Å²) in [6.45, 7) is 1.61. The Morgan fingerprint density at radius 2 is 1.77 bits per heavy atom. The Kier molecular flexibility index (Phi) is 4.55. The van der Waals surface area contributed by atoms with Crippen molar-refractivity contribution in [1.29, 1.82) is 0 Å². The first-order valence-electron chi connectivity index (χ1n) is 8.62. The van der Waals surface area contributed by atoms with E-state index in [9.17, 15) is 0 Å². The van der Waals surface area contributed by atoms with Gasteiger partial charge in [-0.1, -0.05) is 30.3 Å². The molecule has 0 atom stereocenters. The third-order valence-electron chi connectivity index (χ3n) is 4.44. The van der Waals surface area contributed by atoms with Gasteiger partial charge in [-0.05, 0) is 29.7 Å². The van der Waals surface area contributed by atoms with Crippen LogP contribution >= 0.6 is 0 Å². The molecule has 1 aromatic carbocycles. The van der Waals surface area contributed by atoms with Gasteiger partial charge >= 0.3 is 0 Å². The normalized spacial score (nSPS) is 11.0. The molecule has 130 valence electrons. The molecule has 6 nitrogen and oxygen atoms in total. The van der Waals surface area contributed by atoms with Gasteiger partial charge in [0, 0.05) is 32.5 Å². The number of benzene rings is 1. The number of aromatic nitrogens is 5. The molecule has 0 saturated heterocycles. The van der Waals surface area contributed by atoms with Gasteiger partial charge in [-0.15, -0.1) is 0 Å². The fourth-order valence-corrected chi connectivity index (χ4v) is 3.08. The summed E-state index contributed by atoms with van der Waals surface area (Å²) in [5.41, 5.74) is 3.35. The lowest BCUT2D eigenvalue weighted by molar-refractivity contribution is 0.767. The van der Waals surface area contributed by atoms with Crippen molar-refractivity contribution in [2.45, 2.75) is 13.0 Å². The highest BCUT2D eigenvalue weighted by Gasteiger charge is 2.15. The number of anilines is 1. The van der Waals surface area contributed by atoms with E-state index in [-0.39, 0.29) is 0 Å². The lowest BCUT2D eigenvalue weighted by Gasteiger charge is -2.24. The summed E-state index contributed by atoms with van der Waals surface area (Å²) in [6.07, 6.45) is 8.04. The molecule has 0 aliphatic heterocycles. The summed E-state index contributed by atoms with van der Waals surface area (Å²) in [5.74, 6) is 0.913. The highest BCUT2D eigenvalue weighted by atomic mass is 15.3. The monoisotopic (exact) mass is 344 g/mol. The number of rotatable bonds is 6. The molecular weight excluding hydrogens is 324 g/mol. The van der Waals surface area contributed by atoms with E-state index in [2.05, 4.69) is 49.2 Å². The Bertz CT molecular complexity index is 981. The van der Waals surface area contributed by atoms with Crippen LogP contribution in [0.5, 0.6) is 0 Å². The van der Waals surface area contributed by atoms with Crippen molar-refractivity contribution >= 4 is 16.9 Å². The van der Waals surface area contributed by atoms with E-state index in [1.165, 1.54) is 11.1 Å². The van der Waals surface area contributed by atoms with Crippen LogP contribution in [0.15, 0.2) is 67.4 Å². The van der Waals surface area contributed by atoms with E-state index in [1.54, 1.807) is 11.0 Å². The molecule has 3 heterocycles. The van der Waals surface area contributed by atoms with Gasteiger partial charge in [0.1, 0.15) is 12.1 Å². The molecule has 4 rings (SSSR count). The summed E-state index contributed by atoms with van der Waals surface area (Å²) in [7, 11) is 1.90. The smallest absolute Gasteiger partial charge is 0.163 e. The van der Waals surface area contributed by atoms with Crippen molar-refractivity contribution in [1.82, 2.24) is 24.7 Å². The van der Waals surface area contributed by atoms with Gasteiger partial charge in [0.25, 0.3) is 0 Å². The zero-order valence-corrected chi connectivity index (χ0v) is 14.7. The van der Waals surface area contributed by atoms with E-state index in [0.717, 1.165) is 36.4 Å². The van der Waals surface area contributed by atoms with Crippen molar-refractivity contribution in [2.24, 2.45) is 7.05 Å². The largest absolute Gasteiger partial charge is 0.351 e. The minimum absolute atomic E-state index is 0.760. The zero-order chi connectivity index (χ0) is 17.8. The van der Waals surface area contributed by atoms with Gasteiger partial charge < -0.3 is 4.90 Å². The maximum absolute atomic E-state index is 4.57. The van der Waals surface area contributed by atoms with E-state index in [4.69, 9.17) is 0 Å². The molecule has 0 N–H and O–H groups in total. The van der Waals surface area contributed by atoms with Crippen molar-refractivity contribution in [3.63, 3.8) is 0 Å². The molecule has 0 aliphatic rings. The third kappa shape index (κ3) is 3.39. The lowest BCUT2D eigenvalue weighted by Crippen LogP contribution is -2.26. The number of nitrogens with zero attached hydrogens (tertiary/aromatic N) is 6. The standard InChI is InChI=1S/C20H20N6/c1-25-19-18(13-24-25)20(23-15-22-19)26(14-17-7-10-21-11-8-17)12-9-16-5-3-2-4-6-16/h2-8,10-11,13,15H,9,12,14H2,1H3. The molecule has 0 spiro atoms.